The lowest BCUT2D eigenvalue weighted by Crippen LogP contribution is -2.30. The molecule has 0 saturated carbocycles. The summed E-state index contributed by atoms with van der Waals surface area (Å²) in [5, 5.41) is 10.6. The molecule has 0 heterocycles. The Morgan fingerprint density at radius 3 is 0.764 bits per heavy atom. The molecule has 0 saturated heterocycles. The van der Waals surface area contributed by atoms with Crippen LogP contribution in [0.5, 0.6) is 0 Å². The van der Waals surface area contributed by atoms with Gasteiger partial charge in [-0.15, -0.1) is 0 Å². The maximum atomic E-state index is 13.0. The molecule has 2 unspecified atom stereocenters. The summed E-state index contributed by atoms with van der Waals surface area (Å²) in [6.45, 7) is 9.51. The molecular formula is C70H136O17P2. The lowest BCUT2D eigenvalue weighted by Gasteiger charge is -2.21. The third-order valence-corrected chi connectivity index (χ3v) is 18.1. The number of aliphatic hydroxyl groups excluding tert-OH is 1. The van der Waals surface area contributed by atoms with Crippen molar-refractivity contribution in [1.82, 2.24) is 0 Å². The van der Waals surface area contributed by atoms with E-state index in [2.05, 4.69) is 41.5 Å². The summed E-state index contributed by atoms with van der Waals surface area (Å²) < 4.78 is 68.2. The van der Waals surface area contributed by atoms with E-state index in [4.69, 9.17) is 37.0 Å². The molecule has 528 valence electrons. The molecule has 0 spiro atoms. The first kappa shape index (κ1) is 87.1. The molecule has 89 heavy (non-hydrogen) atoms. The topological polar surface area (TPSA) is 237 Å². The number of aliphatic hydroxyl groups is 1. The van der Waals surface area contributed by atoms with Gasteiger partial charge in [-0.25, -0.2) is 9.13 Å². The molecule has 5 atom stereocenters. The van der Waals surface area contributed by atoms with E-state index in [9.17, 15) is 43.2 Å². The number of carbonyl (C=O) groups excluding carboxylic acids is 4. The Morgan fingerprint density at radius 1 is 0.303 bits per heavy atom. The van der Waals surface area contributed by atoms with Crippen molar-refractivity contribution in [1.29, 1.82) is 0 Å². The van der Waals surface area contributed by atoms with Gasteiger partial charge < -0.3 is 33.8 Å². The first-order valence-corrected chi connectivity index (χ1v) is 39.5. The highest BCUT2D eigenvalue weighted by Crippen LogP contribution is 2.45. The fourth-order valence-corrected chi connectivity index (χ4v) is 12.2. The molecule has 3 N–H and O–H groups in total. The predicted octanol–water partition coefficient (Wildman–Crippen LogP) is 20.0. The first-order valence-electron chi connectivity index (χ1n) is 36.5. The molecule has 0 fully saturated rings. The Kier molecular flexibility index (Phi) is 60.8. The molecular weight excluding hydrogens is 1170 g/mol. The number of carbonyl (C=O) groups is 4. The number of hydrogen-bond donors (Lipinski definition) is 3. The summed E-state index contributed by atoms with van der Waals surface area (Å²) >= 11 is 0. The maximum absolute atomic E-state index is 13.0. The van der Waals surface area contributed by atoms with Crippen molar-refractivity contribution < 1.29 is 80.2 Å². The highest BCUT2D eigenvalue weighted by molar-refractivity contribution is 7.47. The second-order valence-corrected chi connectivity index (χ2v) is 29.1. The van der Waals surface area contributed by atoms with Gasteiger partial charge in [-0.2, -0.15) is 0 Å². The van der Waals surface area contributed by atoms with E-state index in [1.165, 1.54) is 167 Å². The zero-order chi connectivity index (χ0) is 65.7. The van der Waals surface area contributed by atoms with Gasteiger partial charge in [0.1, 0.15) is 19.3 Å². The van der Waals surface area contributed by atoms with Gasteiger partial charge in [0.2, 0.25) is 0 Å². The van der Waals surface area contributed by atoms with E-state index in [0.717, 1.165) is 108 Å². The van der Waals surface area contributed by atoms with Crippen LogP contribution in [-0.4, -0.2) is 96.7 Å². The minimum absolute atomic E-state index is 0.107. The Labute approximate surface area is 543 Å². The van der Waals surface area contributed by atoms with Crippen molar-refractivity contribution in [3.8, 4) is 0 Å². The monoisotopic (exact) mass is 1310 g/mol. The number of rotatable bonds is 69. The van der Waals surface area contributed by atoms with Crippen LogP contribution in [0.4, 0.5) is 0 Å². The fraction of sp³-hybridized carbons (Fsp3) is 0.943. The Hall–Kier alpha value is -1.94. The lowest BCUT2D eigenvalue weighted by molar-refractivity contribution is -0.161. The molecule has 0 aliphatic carbocycles. The zero-order valence-corrected chi connectivity index (χ0v) is 59.5. The molecule has 0 radical (unpaired) electrons. The Balaban J connectivity index is 5.18. The molecule has 0 amide bonds. The molecule has 0 aromatic heterocycles. The van der Waals surface area contributed by atoms with Gasteiger partial charge in [-0.05, 0) is 37.5 Å². The molecule has 0 aliphatic heterocycles. The third-order valence-electron chi connectivity index (χ3n) is 16.2. The van der Waals surface area contributed by atoms with Crippen LogP contribution in [0.3, 0.4) is 0 Å². The number of phosphoric ester groups is 2. The van der Waals surface area contributed by atoms with Crippen LogP contribution in [0, 0.1) is 11.8 Å². The van der Waals surface area contributed by atoms with Crippen LogP contribution >= 0.6 is 15.6 Å². The van der Waals surface area contributed by atoms with Crippen LogP contribution in [-0.2, 0) is 65.4 Å². The first-order chi connectivity index (χ1) is 42.9. The molecule has 0 aromatic carbocycles. The largest absolute Gasteiger partial charge is 0.472 e. The average molecular weight is 1310 g/mol. The number of phosphoric acid groups is 2. The normalized spacial score (nSPS) is 14.1. The number of unbranched alkanes of at least 4 members (excludes halogenated alkanes) is 39. The lowest BCUT2D eigenvalue weighted by atomic mass is 10.0. The van der Waals surface area contributed by atoms with Crippen LogP contribution < -0.4 is 0 Å². The summed E-state index contributed by atoms with van der Waals surface area (Å²) in [4.78, 5) is 72.4. The zero-order valence-electron chi connectivity index (χ0n) is 57.7. The van der Waals surface area contributed by atoms with Gasteiger partial charge >= 0.3 is 39.5 Å². The summed E-state index contributed by atoms with van der Waals surface area (Å²) in [5.74, 6) is -0.592. The van der Waals surface area contributed by atoms with E-state index < -0.39 is 97.5 Å². The Bertz CT molecular complexity index is 1730. The molecule has 19 heteroatoms. The molecule has 0 rings (SSSR count). The van der Waals surface area contributed by atoms with E-state index in [0.29, 0.717) is 25.7 Å². The minimum Gasteiger partial charge on any atom is -0.462 e. The van der Waals surface area contributed by atoms with Crippen molar-refractivity contribution in [2.75, 3.05) is 39.6 Å². The van der Waals surface area contributed by atoms with Gasteiger partial charge in [0.15, 0.2) is 12.2 Å². The summed E-state index contributed by atoms with van der Waals surface area (Å²) in [7, 11) is -9.89. The molecule has 0 aliphatic rings. The molecule has 0 bridgehead atoms. The van der Waals surface area contributed by atoms with Gasteiger partial charge in [-0.1, -0.05) is 305 Å². The van der Waals surface area contributed by atoms with Gasteiger partial charge in [0.25, 0.3) is 0 Å². The second-order valence-electron chi connectivity index (χ2n) is 26.2. The summed E-state index contributed by atoms with van der Waals surface area (Å²) in [6.07, 6.45) is 47.3. The maximum Gasteiger partial charge on any atom is 0.472 e. The van der Waals surface area contributed by atoms with E-state index in [-0.39, 0.29) is 25.7 Å². The second kappa shape index (κ2) is 62.2. The van der Waals surface area contributed by atoms with Gasteiger partial charge in [0.05, 0.1) is 26.4 Å². The van der Waals surface area contributed by atoms with Crippen molar-refractivity contribution in [2.24, 2.45) is 11.8 Å². The van der Waals surface area contributed by atoms with Gasteiger partial charge in [0, 0.05) is 25.7 Å². The average Bonchev–Trinajstić information content (AvgIpc) is 3.61. The van der Waals surface area contributed by atoms with Crippen LogP contribution in [0.15, 0.2) is 0 Å². The van der Waals surface area contributed by atoms with E-state index >= 15 is 0 Å². The van der Waals surface area contributed by atoms with Crippen molar-refractivity contribution in [3.05, 3.63) is 0 Å². The van der Waals surface area contributed by atoms with E-state index in [1.807, 2.05) is 0 Å². The highest BCUT2D eigenvalue weighted by Gasteiger charge is 2.30. The number of esters is 4. The molecule has 0 aromatic rings. The standard InChI is InChI=1S/C70H136O17P2/c1-7-9-11-13-15-17-24-28-36-42-48-54-69(74)86-65(58-80-67(72)52-46-40-34-16-14-12-10-8-2)60-84-88(76,77)82-56-64(71)57-83-89(78,79)85-61-66(59-81-68(73)53-47-41-35-31-30-33-39-45-51-63(5)6)87-70(75)55-49-43-37-29-26-23-21-19-18-20-22-25-27-32-38-44-50-62(3)4/h62-66,71H,7-61H2,1-6H3,(H,76,77)(H,78,79)/t64-,65+,66+/m0/s1. The van der Waals surface area contributed by atoms with Crippen LogP contribution in [0.2, 0.25) is 0 Å². The van der Waals surface area contributed by atoms with Crippen molar-refractivity contribution in [3.63, 3.8) is 0 Å². The summed E-state index contributed by atoms with van der Waals surface area (Å²) in [6, 6.07) is 0. The van der Waals surface area contributed by atoms with Crippen molar-refractivity contribution >= 4 is 39.5 Å². The van der Waals surface area contributed by atoms with Crippen LogP contribution in [0.1, 0.15) is 356 Å². The van der Waals surface area contributed by atoms with Crippen molar-refractivity contribution in [2.45, 2.75) is 374 Å². The summed E-state index contributed by atoms with van der Waals surface area (Å²) in [5.41, 5.74) is 0. The van der Waals surface area contributed by atoms with Crippen LogP contribution in [0.25, 0.3) is 0 Å². The van der Waals surface area contributed by atoms with E-state index in [1.54, 1.807) is 0 Å². The third kappa shape index (κ3) is 64.6. The molecule has 17 nitrogen and oxygen atoms in total. The smallest absolute Gasteiger partial charge is 0.462 e. The highest BCUT2D eigenvalue weighted by atomic mass is 31.2. The number of ether oxygens (including phenoxy) is 4. The van der Waals surface area contributed by atoms with Gasteiger partial charge in [-0.3, -0.25) is 37.3 Å². The number of hydrogen-bond acceptors (Lipinski definition) is 15. The SMILES string of the molecule is CCCCCCCCCCCCCC(=O)O[C@H](COC(=O)CCCCCCCCCC)COP(=O)(O)OC[C@H](O)COP(=O)(O)OC[C@@H](COC(=O)CCCCCCCCCCC(C)C)OC(=O)CCCCCCCCCCCCCCCCCCC(C)C. The predicted molar refractivity (Wildman–Crippen MR) is 358 cm³/mol. The minimum atomic E-state index is -4.95. The Morgan fingerprint density at radius 2 is 0.517 bits per heavy atom. The fourth-order valence-electron chi connectivity index (χ4n) is 10.6. The quantitative estimate of drug-likeness (QED) is 0.0222.